The van der Waals surface area contributed by atoms with Crippen LogP contribution in [-0.4, -0.2) is 27.1 Å². The van der Waals surface area contributed by atoms with Gasteiger partial charge in [-0.1, -0.05) is 48.9 Å². The molecule has 2 rings (SSSR count). The van der Waals surface area contributed by atoms with Gasteiger partial charge in [0.25, 0.3) is 5.91 Å². The van der Waals surface area contributed by atoms with E-state index in [1.807, 2.05) is 37.3 Å². The lowest BCUT2D eigenvalue weighted by atomic mass is 10.0. The van der Waals surface area contributed by atoms with Crippen LogP contribution in [0.15, 0.2) is 53.4 Å². The van der Waals surface area contributed by atoms with Crippen LogP contribution in [0.5, 0.6) is 0 Å². The summed E-state index contributed by atoms with van der Waals surface area (Å²) in [5.41, 5.74) is 1.40. The molecule has 0 aliphatic heterocycles. The summed E-state index contributed by atoms with van der Waals surface area (Å²) in [5.74, 6) is -0.170. The minimum atomic E-state index is -3.48. The van der Waals surface area contributed by atoms with Crippen LogP contribution >= 0.6 is 11.6 Å². The molecule has 0 radical (unpaired) electrons. The number of carbonyl (C=O) groups excluding carboxylic acids is 1. The Morgan fingerprint density at radius 3 is 2.43 bits per heavy atom. The molecule has 0 saturated carbocycles. The Balaban J connectivity index is 2.10. The van der Waals surface area contributed by atoms with Crippen molar-refractivity contribution >= 4 is 27.3 Å². The van der Waals surface area contributed by atoms with Crippen LogP contribution in [0.25, 0.3) is 0 Å². The Labute approximate surface area is 141 Å². The monoisotopic (exact) mass is 351 g/mol. The number of sulfone groups is 1. The summed E-state index contributed by atoms with van der Waals surface area (Å²) >= 11 is 5.88. The van der Waals surface area contributed by atoms with Gasteiger partial charge in [-0.3, -0.25) is 4.79 Å². The topological polar surface area (TPSA) is 63.2 Å². The summed E-state index contributed by atoms with van der Waals surface area (Å²) in [4.78, 5) is 12.2. The molecule has 1 amide bonds. The number of benzene rings is 2. The third-order valence-electron chi connectivity index (χ3n) is 3.53. The quantitative estimate of drug-likeness (QED) is 0.899. The van der Waals surface area contributed by atoms with Gasteiger partial charge in [-0.15, -0.1) is 0 Å². The predicted molar refractivity (Wildman–Crippen MR) is 91.8 cm³/mol. The molecular weight excluding hydrogens is 334 g/mol. The fourth-order valence-electron chi connectivity index (χ4n) is 2.18. The van der Waals surface area contributed by atoms with E-state index in [1.165, 1.54) is 18.2 Å². The first-order valence-electron chi connectivity index (χ1n) is 7.12. The second kappa shape index (κ2) is 7.15. The van der Waals surface area contributed by atoms with Crippen LogP contribution in [-0.2, 0) is 9.84 Å². The van der Waals surface area contributed by atoms with Crippen LogP contribution in [0.4, 0.5) is 0 Å². The number of halogens is 1. The fraction of sp³-hybridized carbons (Fsp3) is 0.235. The third kappa shape index (κ3) is 4.56. The first-order valence-corrected chi connectivity index (χ1v) is 9.38. The van der Waals surface area contributed by atoms with Crippen molar-refractivity contribution in [1.29, 1.82) is 0 Å². The molecule has 1 N–H and O–H groups in total. The molecule has 0 heterocycles. The zero-order valence-electron chi connectivity index (χ0n) is 12.9. The summed E-state index contributed by atoms with van der Waals surface area (Å²) in [7, 11) is -3.48. The molecule has 0 saturated heterocycles. The molecule has 2 aromatic carbocycles. The Hall–Kier alpha value is -1.85. The van der Waals surface area contributed by atoms with Gasteiger partial charge in [0, 0.05) is 18.4 Å². The first kappa shape index (κ1) is 17.5. The SMILES string of the molecule is C[C@@H](CNC(=O)c1ccc(Cl)c(S(C)(=O)=O)c1)c1ccccc1. The van der Waals surface area contributed by atoms with Crippen LogP contribution in [0.3, 0.4) is 0 Å². The van der Waals surface area contributed by atoms with Gasteiger partial charge in [-0.05, 0) is 29.7 Å². The average Bonchev–Trinajstić information content (AvgIpc) is 2.52. The predicted octanol–water partition coefficient (Wildman–Crippen LogP) is 3.28. The average molecular weight is 352 g/mol. The third-order valence-corrected chi connectivity index (χ3v) is 5.11. The molecule has 122 valence electrons. The van der Waals surface area contributed by atoms with Gasteiger partial charge in [0.2, 0.25) is 0 Å². The van der Waals surface area contributed by atoms with Crippen molar-refractivity contribution in [1.82, 2.24) is 5.32 Å². The van der Waals surface area contributed by atoms with Crippen LogP contribution in [0.2, 0.25) is 5.02 Å². The molecule has 1 atom stereocenters. The number of amides is 1. The van der Waals surface area contributed by atoms with E-state index < -0.39 is 9.84 Å². The highest BCUT2D eigenvalue weighted by atomic mass is 35.5. The van der Waals surface area contributed by atoms with Gasteiger partial charge in [0.1, 0.15) is 0 Å². The molecule has 0 fully saturated rings. The van der Waals surface area contributed by atoms with Gasteiger partial charge >= 0.3 is 0 Å². The van der Waals surface area contributed by atoms with E-state index >= 15 is 0 Å². The smallest absolute Gasteiger partial charge is 0.251 e. The second-order valence-electron chi connectivity index (χ2n) is 5.44. The molecule has 0 aliphatic carbocycles. The lowest BCUT2D eigenvalue weighted by molar-refractivity contribution is 0.0951. The normalized spacial score (nSPS) is 12.7. The molecule has 0 aliphatic rings. The molecule has 6 heteroatoms. The van der Waals surface area contributed by atoms with Gasteiger partial charge in [-0.25, -0.2) is 8.42 Å². The minimum Gasteiger partial charge on any atom is -0.351 e. The molecule has 0 spiro atoms. The maximum Gasteiger partial charge on any atom is 0.251 e. The molecule has 4 nitrogen and oxygen atoms in total. The second-order valence-corrected chi connectivity index (χ2v) is 7.83. The van der Waals surface area contributed by atoms with Gasteiger partial charge in [0.15, 0.2) is 9.84 Å². The van der Waals surface area contributed by atoms with Crippen molar-refractivity contribution in [3.8, 4) is 0 Å². The number of hydrogen-bond donors (Lipinski definition) is 1. The highest BCUT2D eigenvalue weighted by Crippen LogP contribution is 2.22. The largest absolute Gasteiger partial charge is 0.351 e. The van der Waals surface area contributed by atoms with Crippen molar-refractivity contribution in [3.63, 3.8) is 0 Å². The number of hydrogen-bond acceptors (Lipinski definition) is 3. The van der Waals surface area contributed by atoms with Gasteiger partial charge in [-0.2, -0.15) is 0 Å². The van der Waals surface area contributed by atoms with E-state index in [1.54, 1.807) is 0 Å². The summed E-state index contributed by atoms with van der Waals surface area (Å²) in [6.07, 6.45) is 1.06. The van der Waals surface area contributed by atoms with Crippen molar-refractivity contribution in [2.45, 2.75) is 17.7 Å². The molecular formula is C17H18ClNO3S. The lowest BCUT2D eigenvalue weighted by Crippen LogP contribution is -2.27. The van der Waals surface area contributed by atoms with E-state index in [0.717, 1.165) is 11.8 Å². The zero-order chi connectivity index (χ0) is 17.0. The van der Waals surface area contributed by atoms with Crippen LogP contribution in [0, 0.1) is 0 Å². The Morgan fingerprint density at radius 2 is 1.83 bits per heavy atom. The summed E-state index contributed by atoms with van der Waals surface area (Å²) in [6, 6.07) is 14.1. The Kier molecular flexibility index (Phi) is 5.44. The molecule has 0 bridgehead atoms. The molecule has 2 aromatic rings. The highest BCUT2D eigenvalue weighted by molar-refractivity contribution is 7.90. The number of carbonyl (C=O) groups is 1. The van der Waals surface area contributed by atoms with Gasteiger partial charge in [0.05, 0.1) is 9.92 Å². The molecule has 23 heavy (non-hydrogen) atoms. The first-order chi connectivity index (χ1) is 10.8. The zero-order valence-corrected chi connectivity index (χ0v) is 14.5. The highest BCUT2D eigenvalue weighted by Gasteiger charge is 2.16. The standard InChI is InChI=1S/C17H18ClNO3S/c1-12(13-6-4-3-5-7-13)11-19-17(20)14-8-9-15(18)16(10-14)23(2,21)22/h3-10,12H,11H2,1-2H3,(H,19,20)/t12-/m0/s1. The summed E-state index contributed by atoms with van der Waals surface area (Å²) < 4.78 is 23.3. The minimum absolute atomic E-state index is 0.0390. The Morgan fingerprint density at radius 1 is 1.17 bits per heavy atom. The maximum atomic E-state index is 12.2. The van der Waals surface area contributed by atoms with Crippen molar-refractivity contribution < 1.29 is 13.2 Å². The van der Waals surface area contributed by atoms with Crippen molar-refractivity contribution in [2.75, 3.05) is 12.8 Å². The van der Waals surface area contributed by atoms with E-state index in [2.05, 4.69) is 5.32 Å². The van der Waals surface area contributed by atoms with Gasteiger partial charge < -0.3 is 5.32 Å². The number of rotatable bonds is 5. The van der Waals surface area contributed by atoms with E-state index in [9.17, 15) is 13.2 Å². The number of nitrogens with one attached hydrogen (secondary N) is 1. The molecule has 0 unspecified atom stereocenters. The maximum absolute atomic E-state index is 12.2. The van der Waals surface area contributed by atoms with Crippen LogP contribution < -0.4 is 5.32 Å². The lowest BCUT2D eigenvalue weighted by Gasteiger charge is -2.13. The van der Waals surface area contributed by atoms with Crippen LogP contribution in [0.1, 0.15) is 28.8 Å². The van der Waals surface area contributed by atoms with E-state index in [-0.39, 0.29) is 27.3 Å². The van der Waals surface area contributed by atoms with E-state index in [4.69, 9.17) is 11.6 Å². The van der Waals surface area contributed by atoms with Crippen molar-refractivity contribution in [2.24, 2.45) is 0 Å². The Bertz CT molecular complexity index is 804. The fourth-order valence-corrected chi connectivity index (χ4v) is 3.48. The van der Waals surface area contributed by atoms with Crippen molar-refractivity contribution in [3.05, 3.63) is 64.7 Å². The molecule has 0 aromatic heterocycles. The van der Waals surface area contributed by atoms with E-state index in [0.29, 0.717) is 6.54 Å². The summed E-state index contributed by atoms with van der Waals surface area (Å²) in [5, 5.41) is 2.93. The summed E-state index contributed by atoms with van der Waals surface area (Å²) in [6.45, 7) is 2.47.